The largest absolute Gasteiger partial charge is 0.481 e. The van der Waals surface area contributed by atoms with Gasteiger partial charge in [-0.05, 0) is 0 Å². The quantitative estimate of drug-likeness (QED) is 0.799. The molecule has 0 radical (unpaired) electrons. The molecule has 0 spiro atoms. The number of rotatable bonds is 3. The standard InChI is InChI=1S/C8H11N3O3S/c12-7(13)3-6-4-11(1-2-14-6)8-9-5-10-15-8/h5-6H,1-4H2,(H,12,13). The van der Waals surface area contributed by atoms with Crippen LogP contribution in [0.25, 0.3) is 0 Å². The molecule has 0 saturated carbocycles. The zero-order valence-electron chi connectivity index (χ0n) is 8.00. The monoisotopic (exact) mass is 229 g/mol. The van der Waals surface area contributed by atoms with Crippen molar-refractivity contribution in [3.05, 3.63) is 6.33 Å². The first-order chi connectivity index (χ1) is 7.25. The highest BCUT2D eigenvalue weighted by Gasteiger charge is 2.24. The van der Waals surface area contributed by atoms with Crippen molar-refractivity contribution in [3.8, 4) is 0 Å². The second-order valence-corrected chi connectivity index (χ2v) is 4.02. The predicted octanol–water partition coefficient (Wildman–Crippen LogP) is 0.218. The molecule has 2 heterocycles. The molecule has 1 aromatic rings. The van der Waals surface area contributed by atoms with Crippen LogP contribution in [0.2, 0.25) is 0 Å². The highest BCUT2D eigenvalue weighted by atomic mass is 32.1. The van der Waals surface area contributed by atoms with E-state index < -0.39 is 5.97 Å². The Kier molecular flexibility index (Phi) is 3.12. The number of ether oxygens (including phenoxy) is 1. The smallest absolute Gasteiger partial charge is 0.306 e. The summed E-state index contributed by atoms with van der Waals surface area (Å²) in [5, 5.41) is 9.49. The summed E-state index contributed by atoms with van der Waals surface area (Å²) < 4.78 is 9.27. The van der Waals surface area contributed by atoms with Gasteiger partial charge in [0, 0.05) is 24.6 Å². The van der Waals surface area contributed by atoms with E-state index in [9.17, 15) is 4.79 Å². The summed E-state index contributed by atoms with van der Waals surface area (Å²) in [5.41, 5.74) is 0. The Morgan fingerprint density at radius 1 is 1.80 bits per heavy atom. The summed E-state index contributed by atoms with van der Waals surface area (Å²) in [6.07, 6.45) is 1.29. The van der Waals surface area contributed by atoms with Crippen molar-refractivity contribution in [1.82, 2.24) is 9.36 Å². The molecule has 0 aliphatic carbocycles. The Bertz CT molecular complexity index is 330. The lowest BCUT2D eigenvalue weighted by molar-refractivity contribution is -0.140. The Morgan fingerprint density at radius 2 is 2.67 bits per heavy atom. The van der Waals surface area contributed by atoms with Gasteiger partial charge in [0.25, 0.3) is 0 Å². The van der Waals surface area contributed by atoms with Crippen molar-refractivity contribution in [1.29, 1.82) is 0 Å². The molecule has 2 rings (SSSR count). The van der Waals surface area contributed by atoms with E-state index in [4.69, 9.17) is 9.84 Å². The Balaban J connectivity index is 1.95. The van der Waals surface area contributed by atoms with Gasteiger partial charge in [-0.2, -0.15) is 4.37 Å². The van der Waals surface area contributed by atoms with Crippen LogP contribution in [-0.4, -0.2) is 46.2 Å². The topological polar surface area (TPSA) is 75.5 Å². The van der Waals surface area contributed by atoms with Crippen LogP contribution in [0.4, 0.5) is 5.13 Å². The molecule has 1 N–H and O–H groups in total. The number of anilines is 1. The van der Waals surface area contributed by atoms with E-state index in [0.29, 0.717) is 13.2 Å². The average Bonchev–Trinajstić information content (AvgIpc) is 2.69. The van der Waals surface area contributed by atoms with Crippen LogP contribution >= 0.6 is 11.5 Å². The van der Waals surface area contributed by atoms with Gasteiger partial charge in [-0.1, -0.05) is 0 Å². The zero-order valence-corrected chi connectivity index (χ0v) is 8.81. The zero-order chi connectivity index (χ0) is 10.7. The van der Waals surface area contributed by atoms with Gasteiger partial charge in [0.1, 0.15) is 6.33 Å². The van der Waals surface area contributed by atoms with E-state index in [1.165, 1.54) is 17.9 Å². The number of carbonyl (C=O) groups is 1. The molecule has 7 heteroatoms. The molecule has 1 aromatic heterocycles. The Morgan fingerprint density at radius 3 is 3.33 bits per heavy atom. The summed E-state index contributed by atoms with van der Waals surface area (Å²) in [5.74, 6) is -0.834. The number of hydrogen-bond acceptors (Lipinski definition) is 6. The number of morpholine rings is 1. The van der Waals surface area contributed by atoms with Gasteiger partial charge >= 0.3 is 5.97 Å². The predicted molar refractivity (Wildman–Crippen MR) is 54.1 cm³/mol. The lowest BCUT2D eigenvalue weighted by Crippen LogP contribution is -2.43. The first-order valence-electron chi connectivity index (χ1n) is 4.60. The van der Waals surface area contributed by atoms with Crippen LogP contribution in [-0.2, 0) is 9.53 Å². The van der Waals surface area contributed by atoms with Crippen LogP contribution in [0.15, 0.2) is 6.33 Å². The van der Waals surface area contributed by atoms with Gasteiger partial charge in [-0.15, -0.1) is 0 Å². The fourth-order valence-corrected chi connectivity index (χ4v) is 2.08. The number of aromatic nitrogens is 2. The molecule has 1 saturated heterocycles. The second-order valence-electron chi connectivity index (χ2n) is 3.26. The van der Waals surface area contributed by atoms with Crippen molar-refractivity contribution in [3.63, 3.8) is 0 Å². The van der Waals surface area contributed by atoms with Gasteiger partial charge in [0.05, 0.1) is 19.1 Å². The van der Waals surface area contributed by atoms with Crippen molar-refractivity contribution >= 4 is 22.6 Å². The molecule has 1 aliphatic heterocycles. The van der Waals surface area contributed by atoms with E-state index in [1.54, 1.807) is 0 Å². The Hall–Kier alpha value is -1.21. The van der Waals surface area contributed by atoms with Crippen molar-refractivity contribution < 1.29 is 14.6 Å². The molecule has 82 valence electrons. The van der Waals surface area contributed by atoms with Crippen molar-refractivity contribution in [2.24, 2.45) is 0 Å². The maximum atomic E-state index is 10.5. The van der Waals surface area contributed by atoms with Crippen LogP contribution in [0.1, 0.15) is 6.42 Å². The summed E-state index contributed by atoms with van der Waals surface area (Å²) in [4.78, 5) is 16.6. The highest BCUT2D eigenvalue weighted by Crippen LogP contribution is 2.19. The van der Waals surface area contributed by atoms with E-state index in [0.717, 1.165) is 11.7 Å². The van der Waals surface area contributed by atoms with Crippen LogP contribution in [0, 0.1) is 0 Å². The van der Waals surface area contributed by atoms with Gasteiger partial charge in [0.2, 0.25) is 5.13 Å². The minimum Gasteiger partial charge on any atom is -0.481 e. The number of carboxylic acid groups (broad SMARTS) is 1. The first kappa shape index (κ1) is 10.3. The molecule has 0 amide bonds. The van der Waals surface area contributed by atoms with Crippen molar-refractivity contribution in [2.75, 3.05) is 24.6 Å². The third kappa shape index (κ3) is 2.63. The van der Waals surface area contributed by atoms with Gasteiger partial charge in [-0.3, -0.25) is 4.79 Å². The van der Waals surface area contributed by atoms with Gasteiger partial charge in [-0.25, -0.2) is 4.98 Å². The van der Waals surface area contributed by atoms with Crippen molar-refractivity contribution in [2.45, 2.75) is 12.5 Å². The SMILES string of the molecule is O=C(O)CC1CN(c2ncns2)CCO1. The Labute approximate surface area is 90.7 Å². The first-order valence-corrected chi connectivity index (χ1v) is 5.38. The highest BCUT2D eigenvalue weighted by molar-refractivity contribution is 7.09. The van der Waals surface area contributed by atoms with Gasteiger partial charge < -0.3 is 14.7 Å². The van der Waals surface area contributed by atoms with Crippen LogP contribution < -0.4 is 4.90 Å². The van der Waals surface area contributed by atoms with E-state index in [2.05, 4.69) is 9.36 Å². The number of nitrogens with zero attached hydrogens (tertiary/aromatic N) is 3. The summed E-state index contributed by atoms with van der Waals surface area (Å²) >= 11 is 1.31. The van der Waals surface area contributed by atoms with E-state index in [1.807, 2.05) is 4.90 Å². The molecule has 1 unspecified atom stereocenters. The molecular formula is C8H11N3O3S. The second kappa shape index (κ2) is 4.54. The molecule has 6 nitrogen and oxygen atoms in total. The van der Waals surface area contributed by atoms with Crippen LogP contribution in [0.3, 0.4) is 0 Å². The third-order valence-corrected chi connectivity index (χ3v) is 2.89. The summed E-state index contributed by atoms with van der Waals surface area (Å²) in [6, 6.07) is 0. The van der Waals surface area contributed by atoms with E-state index >= 15 is 0 Å². The minimum absolute atomic E-state index is 0.0370. The van der Waals surface area contributed by atoms with Crippen LogP contribution in [0.5, 0.6) is 0 Å². The third-order valence-electron chi connectivity index (χ3n) is 2.16. The normalized spacial score (nSPS) is 21.6. The van der Waals surface area contributed by atoms with Gasteiger partial charge in [0.15, 0.2) is 0 Å². The maximum Gasteiger partial charge on any atom is 0.306 e. The fourth-order valence-electron chi connectivity index (χ4n) is 1.52. The average molecular weight is 229 g/mol. The minimum atomic E-state index is -0.834. The molecule has 15 heavy (non-hydrogen) atoms. The fraction of sp³-hybridized carbons (Fsp3) is 0.625. The number of carboxylic acids is 1. The summed E-state index contributed by atoms with van der Waals surface area (Å²) in [7, 11) is 0. The molecular weight excluding hydrogens is 218 g/mol. The summed E-state index contributed by atoms with van der Waals surface area (Å²) in [6.45, 7) is 1.85. The molecule has 1 aliphatic rings. The molecule has 1 atom stereocenters. The molecule has 1 fully saturated rings. The lowest BCUT2D eigenvalue weighted by atomic mass is 10.2. The number of hydrogen-bond donors (Lipinski definition) is 1. The molecule has 0 bridgehead atoms. The lowest BCUT2D eigenvalue weighted by Gasteiger charge is -2.31. The molecule has 0 aromatic carbocycles. The van der Waals surface area contributed by atoms with E-state index in [-0.39, 0.29) is 12.5 Å². The number of aliphatic carboxylic acids is 1. The maximum absolute atomic E-state index is 10.5.